The zero-order chi connectivity index (χ0) is 14.3. The number of nitrogens with one attached hydrogen (secondary N) is 2. The Labute approximate surface area is 110 Å². The van der Waals surface area contributed by atoms with Gasteiger partial charge in [0, 0.05) is 12.6 Å². The second kappa shape index (κ2) is 7.00. The third-order valence-corrected chi connectivity index (χ3v) is 2.24. The van der Waals surface area contributed by atoms with Gasteiger partial charge in [-0.05, 0) is 12.1 Å². The Morgan fingerprint density at radius 1 is 1.21 bits per heavy atom. The maximum absolute atomic E-state index is 11.1. The maximum Gasteiger partial charge on any atom is 0.329 e. The van der Waals surface area contributed by atoms with Crippen LogP contribution in [0.25, 0.3) is 0 Å². The molecular formula is C12H15N3O4. The van der Waals surface area contributed by atoms with Crippen LogP contribution in [0.1, 0.15) is 5.56 Å². The van der Waals surface area contributed by atoms with Gasteiger partial charge in [0.15, 0.2) is 11.5 Å². The van der Waals surface area contributed by atoms with Crippen LogP contribution in [0.5, 0.6) is 11.5 Å². The zero-order valence-electron chi connectivity index (χ0n) is 10.9. The van der Waals surface area contributed by atoms with E-state index in [0.717, 1.165) is 0 Å². The van der Waals surface area contributed by atoms with E-state index in [2.05, 4.69) is 15.8 Å². The number of benzene rings is 1. The first-order valence-corrected chi connectivity index (χ1v) is 5.40. The van der Waals surface area contributed by atoms with E-state index in [-0.39, 0.29) is 0 Å². The molecule has 0 spiro atoms. The van der Waals surface area contributed by atoms with E-state index in [1.807, 2.05) is 0 Å². The monoisotopic (exact) mass is 265 g/mol. The fraction of sp³-hybridized carbons (Fsp3) is 0.250. The highest BCUT2D eigenvalue weighted by atomic mass is 16.5. The van der Waals surface area contributed by atoms with Crippen LogP contribution in [0.4, 0.5) is 0 Å². The smallest absolute Gasteiger partial charge is 0.329 e. The molecule has 19 heavy (non-hydrogen) atoms. The van der Waals surface area contributed by atoms with E-state index in [9.17, 15) is 9.59 Å². The first kappa shape index (κ1) is 14.5. The molecule has 0 radical (unpaired) electrons. The number of hydrazone groups is 1. The fourth-order valence-electron chi connectivity index (χ4n) is 1.34. The van der Waals surface area contributed by atoms with E-state index < -0.39 is 11.8 Å². The summed E-state index contributed by atoms with van der Waals surface area (Å²) in [5, 5.41) is 5.86. The number of hydrogen-bond donors (Lipinski definition) is 2. The highest BCUT2D eigenvalue weighted by Gasteiger charge is 2.10. The minimum Gasteiger partial charge on any atom is -0.493 e. The van der Waals surface area contributed by atoms with Crippen molar-refractivity contribution in [2.45, 2.75) is 0 Å². The van der Waals surface area contributed by atoms with Gasteiger partial charge in [0.25, 0.3) is 0 Å². The molecule has 0 fully saturated rings. The van der Waals surface area contributed by atoms with Crippen LogP contribution in [0.2, 0.25) is 0 Å². The van der Waals surface area contributed by atoms with E-state index in [1.165, 1.54) is 27.5 Å². The van der Waals surface area contributed by atoms with Gasteiger partial charge in [-0.1, -0.05) is 6.07 Å². The van der Waals surface area contributed by atoms with Crippen LogP contribution in [-0.2, 0) is 9.59 Å². The van der Waals surface area contributed by atoms with E-state index >= 15 is 0 Å². The topological polar surface area (TPSA) is 89.0 Å². The van der Waals surface area contributed by atoms with Gasteiger partial charge in [0.1, 0.15) is 0 Å². The third-order valence-electron chi connectivity index (χ3n) is 2.24. The summed E-state index contributed by atoms with van der Waals surface area (Å²) in [6.07, 6.45) is 1.36. The molecule has 0 unspecified atom stereocenters. The molecule has 7 nitrogen and oxygen atoms in total. The molecule has 1 rings (SSSR count). The predicted molar refractivity (Wildman–Crippen MR) is 69.3 cm³/mol. The third kappa shape index (κ3) is 3.70. The van der Waals surface area contributed by atoms with Crippen molar-refractivity contribution < 1.29 is 19.1 Å². The Hall–Kier alpha value is -2.57. The first-order chi connectivity index (χ1) is 9.13. The van der Waals surface area contributed by atoms with Crippen molar-refractivity contribution in [1.29, 1.82) is 0 Å². The molecule has 0 aliphatic carbocycles. The number of hydrogen-bond acceptors (Lipinski definition) is 5. The van der Waals surface area contributed by atoms with Crippen molar-refractivity contribution in [1.82, 2.24) is 10.7 Å². The number of methoxy groups -OCH3 is 2. The predicted octanol–water partition coefficient (Wildman–Crippen LogP) is -0.100. The van der Waals surface area contributed by atoms with E-state index in [1.54, 1.807) is 18.2 Å². The average Bonchev–Trinajstić information content (AvgIpc) is 2.45. The van der Waals surface area contributed by atoms with Gasteiger partial charge in [0.2, 0.25) is 0 Å². The van der Waals surface area contributed by atoms with Crippen LogP contribution >= 0.6 is 0 Å². The summed E-state index contributed by atoms with van der Waals surface area (Å²) in [5.74, 6) is -0.581. The largest absolute Gasteiger partial charge is 0.493 e. The molecule has 102 valence electrons. The Morgan fingerprint density at radius 2 is 1.95 bits per heavy atom. The molecule has 0 atom stereocenters. The standard InChI is InChI=1S/C12H15N3O4/c1-13-11(16)12(17)15-14-7-8-5-4-6-9(18-2)10(8)19-3/h4-7H,1-3H3,(H,13,16)(H,15,17)/b14-7-. The molecule has 0 heterocycles. The lowest BCUT2D eigenvalue weighted by atomic mass is 10.2. The number of amides is 2. The number of rotatable bonds is 4. The fourth-order valence-corrected chi connectivity index (χ4v) is 1.34. The van der Waals surface area contributed by atoms with Crippen LogP contribution in [0.15, 0.2) is 23.3 Å². The Bertz CT molecular complexity index is 500. The molecule has 1 aromatic carbocycles. The number of nitrogens with zero attached hydrogens (tertiary/aromatic N) is 1. The lowest BCUT2D eigenvalue weighted by molar-refractivity contribution is -0.138. The number of carbonyl (C=O) groups excluding carboxylic acids is 2. The number of likely N-dealkylation sites (N-methyl/N-ethyl adjacent to an activating group) is 1. The van der Waals surface area contributed by atoms with Crippen molar-refractivity contribution >= 4 is 18.0 Å². The molecule has 0 saturated carbocycles. The lowest BCUT2D eigenvalue weighted by Gasteiger charge is -2.09. The Kier molecular flexibility index (Phi) is 5.34. The van der Waals surface area contributed by atoms with E-state index in [0.29, 0.717) is 17.1 Å². The first-order valence-electron chi connectivity index (χ1n) is 5.40. The van der Waals surface area contributed by atoms with Crippen molar-refractivity contribution in [3.05, 3.63) is 23.8 Å². The highest BCUT2D eigenvalue weighted by Crippen LogP contribution is 2.29. The van der Waals surface area contributed by atoms with Crippen LogP contribution < -0.4 is 20.2 Å². The van der Waals surface area contributed by atoms with Crippen LogP contribution in [-0.4, -0.2) is 39.3 Å². The molecule has 2 amide bonds. The molecule has 2 N–H and O–H groups in total. The lowest BCUT2D eigenvalue weighted by Crippen LogP contribution is -2.35. The van der Waals surface area contributed by atoms with Crippen molar-refractivity contribution in [3.63, 3.8) is 0 Å². The minimum atomic E-state index is -0.847. The number of ether oxygens (including phenoxy) is 2. The van der Waals surface area contributed by atoms with Gasteiger partial charge in [0.05, 0.1) is 20.4 Å². The molecule has 7 heteroatoms. The van der Waals surface area contributed by atoms with Gasteiger partial charge in [-0.15, -0.1) is 0 Å². The summed E-state index contributed by atoms with van der Waals surface area (Å²) >= 11 is 0. The SMILES string of the molecule is CNC(=O)C(=O)N/N=C\c1cccc(OC)c1OC. The maximum atomic E-state index is 11.1. The van der Waals surface area contributed by atoms with Crippen molar-refractivity contribution in [3.8, 4) is 11.5 Å². The summed E-state index contributed by atoms with van der Waals surface area (Å²) in [6, 6.07) is 5.22. The number of carbonyl (C=O) groups is 2. The van der Waals surface area contributed by atoms with Crippen LogP contribution in [0.3, 0.4) is 0 Å². The quantitative estimate of drug-likeness (QED) is 0.452. The Morgan fingerprint density at radius 3 is 2.53 bits per heavy atom. The normalized spacial score (nSPS) is 10.1. The number of para-hydroxylation sites is 1. The average molecular weight is 265 g/mol. The van der Waals surface area contributed by atoms with Gasteiger partial charge in [-0.3, -0.25) is 9.59 Å². The van der Waals surface area contributed by atoms with Gasteiger partial charge in [-0.2, -0.15) is 5.10 Å². The molecule has 0 aliphatic heterocycles. The molecular weight excluding hydrogens is 250 g/mol. The summed E-state index contributed by atoms with van der Waals surface area (Å²) in [4.78, 5) is 22.1. The second-order valence-electron chi connectivity index (χ2n) is 3.36. The molecule has 0 bridgehead atoms. The zero-order valence-corrected chi connectivity index (χ0v) is 10.9. The molecule has 0 saturated heterocycles. The van der Waals surface area contributed by atoms with Crippen molar-refractivity contribution in [2.24, 2.45) is 5.10 Å². The van der Waals surface area contributed by atoms with Gasteiger partial charge < -0.3 is 14.8 Å². The van der Waals surface area contributed by atoms with Crippen LogP contribution in [0, 0.1) is 0 Å². The van der Waals surface area contributed by atoms with Gasteiger partial charge in [-0.25, -0.2) is 5.43 Å². The summed E-state index contributed by atoms with van der Waals surface area (Å²) in [5.41, 5.74) is 2.70. The van der Waals surface area contributed by atoms with Gasteiger partial charge >= 0.3 is 11.8 Å². The second-order valence-corrected chi connectivity index (χ2v) is 3.36. The van der Waals surface area contributed by atoms with E-state index in [4.69, 9.17) is 9.47 Å². The summed E-state index contributed by atoms with van der Waals surface area (Å²) in [6.45, 7) is 0. The molecule has 0 aliphatic rings. The molecule has 0 aromatic heterocycles. The minimum absolute atomic E-state index is 0.489. The summed E-state index contributed by atoms with van der Waals surface area (Å²) < 4.78 is 10.3. The Balaban J connectivity index is 2.82. The molecule has 1 aromatic rings. The van der Waals surface area contributed by atoms with Crippen molar-refractivity contribution in [2.75, 3.05) is 21.3 Å². The highest BCUT2D eigenvalue weighted by molar-refractivity contribution is 6.35. The summed E-state index contributed by atoms with van der Waals surface area (Å²) in [7, 11) is 4.38.